The predicted molar refractivity (Wildman–Crippen MR) is 52.3 cm³/mol. The molecule has 0 aliphatic heterocycles. The molecule has 0 unspecified atom stereocenters. The Kier molecular flexibility index (Phi) is 8.10. The number of hydrogen-bond donors (Lipinski definition) is 0. The van der Waals surface area contributed by atoms with Crippen molar-refractivity contribution < 1.29 is 0 Å². The lowest BCUT2D eigenvalue weighted by molar-refractivity contribution is 0.615. The molecule has 0 amide bonds. The molecule has 66 valence electrons. The minimum Gasteiger partial charge on any atom is -0.0654 e. The van der Waals surface area contributed by atoms with Gasteiger partial charge in [-0.15, -0.1) is 0 Å². The Hall–Kier alpha value is 0. The molecule has 0 bridgehead atoms. The molecule has 11 heavy (non-hydrogen) atoms. The van der Waals surface area contributed by atoms with E-state index in [-0.39, 0.29) is 0 Å². The van der Waals surface area contributed by atoms with Gasteiger partial charge in [-0.3, -0.25) is 0 Å². The Balaban J connectivity index is 3.20. The summed E-state index contributed by atoms with van der Waals surface area (Å²) < 4.78 is 0. The van der Waals surface area contributed by atoms with Crippen LogP contribution >= 0.6 is 0 Å². The Morgan fingerprint density at radius 3 is 2.18 bits per heavy atom. The van der Waals surface area contributed by atoms with E-state index in [0.717, 1.165) is 6.42 Å². The quantitative estimate of drug-likeness (QED) is 0.483. The van der Waals surface area contributed by atoms with Crippen LogP contribution in [0, 0.1) is 12.8 Å². The molecule has 0 aromatic carbocycles. The minimum absolute atomic E-state index is 1.05. The van der Waals surface area contributed by atoms with Crippen LogP contribution in [-0.4, -0.2) is 0 Å². The maximum Gasteiger partial charge on any atom is -0.0241 e. The van der Waals surface area contributed by atoms with Crippen molar-refractivity contribution in [2.24, 2.45) is 0 Å². The Morgan fingerprint density at radius 2 is 1.73 bits per heavy atom. The lowest BCUT2D eigenvalue weighted by Crippen LogP contribution is -1.95. The monoisotopic (exact) mass is 154 g/mol. The van der Waals surface area contributed by atoms with Crippen LogP contribution in [0.1, 0.15) is 58.8 Å². The molecule has 0 atom stereocenters. The largest absolute Gasteiger partial charge is 0.0654 e. The minimum atomic E-state index is 1.05. The number of unbranched alkanes of at least 4 members (excludes halogenated alkanes) is 2. The maximum atomic E-state index is 3.95. The summed E-state index contributed by atoms with van der Waals surface area (Å²) in [7, 11) is 0. The first-order valence-electron chi connectivity index (χ1n) is 4.97. The fourth-order valence-corrected chi connectivity index (χ4v) is 1.35. The van der Waals surface area contributed by atoms with Crippen molar-refractivity contribution in [1.82, 2.24) is 0 Å². The van der Waals surface area contributed by atoms with E-state index in [2.05, 4.69) is 20.8 Å². The first-order valence-corrected chi connectivity index (χ1v) is 4.97. The SMILES string of the molecule is [CH2]C[C](CCC)CCCCC. The molecule has 0 N–H and O–H groups in total. The smallest absolute Gasteiger partial charge is 0.0241 e. The van der Waals surface area contributed by atoms with E-state index in [1.807, 2.05) is 0 Å². The van der Waals surface area contributed by atoms with E-state index in [1.165, 1.54) is 38.5 Å². The van der Waals surface area contributed by atoms with Gasteiger partial charge >= 0.3 is 0 Å². The van der Waals surface area contributed by atoms with Gasteiger partial charge in [0.1, 0.15) is 0 Å². The third-order valence-electron chi connectivity index (χ3n) is 2.09. The van der Waals surface area contributed by atoms with Gasteiger partial charge < -0.3 is 0 Å². The second kappa shape index (κ2) is 8.10. The molecule has 0 aromatic heterocycles. The maximum absolute atomic E-state index is 3.95. The molecule has 0 aliphatic carbocycles. The fraction of sp³-hybridized carbons (Fsp3) is 0.818. The molecule has 0 nitrogen and oxygen atoms in total. The topological polar surface area (TPSA) is 0 Å². The van der Waals surface area contributed by atoms with Crippen molar-refractivity contribution in [3.8, 4) is 0 Å². The van der Waals surface area contributed by atoms with Gasteiger partial charge in [0.25, 0.3) is 0 Å². The van der Waals surface area contributed by atoms with E-state index in [0.29, 0.717) is 0 Å². The Morgan fingerprint density at radius 1 is 1.00 bits per heavy atom. The van der Waals surface area contributed by atoms with Crippen molar-refractivity contribution in [3.05, 3.63) is 12.8 Å². The fourth-order valence-electron chi connectivity index (χ4n) is 1.35. The summed E-state index contributed by atoms with van der Waals surface area (Å²) in [6.45, 7) is 8.45. The van der Waals surface area contributed by atoms with Crippen LogP contribution in [0.3, 0.4) is 0 Å². The van der Waals surface area contributed by atoms with Gasteiger partial charge in [0, 0.05) is 0 Å². The van der Waals surface area contributed by atoms with Crippen molar-refractivity contribution in [3.63, 3.8) is 0 Å². The molecule has 0 heteroatoms. The average Bonchev–Trinajstić information content (AvgIpc) is 2.03. The van der Waals surface area contributed by atoms with Gasteiger partial charge in [-0.05, 0) is 25.2 Å². The van der Waals surface area contributed by atoms with Crippen LogP contribution in [0.4, 0.5) is 0 Å². The highest BCUT2D eigenvalue weighted by molar-refractivity contribution is 4.89. The summed E-state index contributed by atoms with van der Waals surface area (Å²) in [6.07, 6.45) is 9.05. The molecular formula is C11H22. The first-order chi connectivity index (χ1) is 5.35. The summed E-state index contributed by atoms with van der Waals surface area (Å²) in [5.74, 6) is 1.67. The molecule has 2 radical (unpaired) electrons. The summed E-state index contributed by atoms with van der Waals surface area (Å²) in [6, 6.07) is 0. The van der Waals surface area contributed by atoms with Gasteiger partial charge in [0.2, 0.25) is 0 Å². The standard InChI is InChI=1S/C11H22/c1-4-7-8-10-11(6-3)9-5-2/h3-10H2,1-2H3. The van der Waals surface area contributed by atoms with Crippen LogP contribution in [0.2, 0.25) is 0 Å². The van der Waals surface area contributed by atoms with Crippen LogP contribution in [0.5, 0.6) is 0 Å². The number of rotatable bonds is 7. The van der Waals surface area contributed by atoms with Crippen LogP contribution < -0.4 is 0 Å². The molecule has 0 aromatic rings. The van der Waals surface area contributed by atoms with E-state index in [9.17, 15) is 0 Å². The molecule has 0 fully saturated rings. The van der Waals surface area contributed by atoms with E-state index < -0.39 is 0 Å². The van der Waals surface area contributed by atoms with Gasteiger partial charge in [0.05, 0.1) is 0 Å². The molecule has 0 spiro atoms. The zero-order valence-electron chi connectivity index (χ0n) is 8.16. The predicted octanol–water partition coefficient (Wildman–Crippen LogP) is 4.17. The molecule has 0 heterocycles. The normalized spacial score (nSPS) is 10.9. The van der Waals surface area contributed by atoms with Gasteiger partial charge in [0.15, 0.2) is 0 Å². The highest BCUT2D eigenvalue weighted by Gasteiger charge is 2.03. The first kappa shape index (κ1) is 11.0. The summed E-state index contributed by atoms with van der Waals surface area (Å²) in [5.41, 5.74) is 0. The second-order valence-electron chi connectivity index (χ2n) is 3.21. The average molecular weight is 154 g/mol. The molecule has 0 aliphatic rings. The zero-order chi connectivity index (χ0) is 8.53. The summed E-state index contributed by atoms with van der Waals surface area (Å²) in [5, 5.41) is 0. The molecule has 0 saturated heterocycles. The van der Waals surface area contributed by atoms with Crippen molar-refractivity contribution in [2.75, 3.05) is 0 Å². The highest BCUT2D eigenvalue weighted by atomic mass is 14.1. The van der Waals surface area contributed by atoms with Crippen molar-refractivity contribution in [1.29, 1.82) is 0 Å². The molecular weight excluding hydrogens is 132 g/mol. The van der Waals surface area contributed by atoms with E-state index in [1.54, 1.807) is 5.92 Å². The third-order valence-corrected chi connectivity index (χ3v) is 2.09. The van der Waals surface area contributed by atoms with Gasteiger partial charge in [-0.25, -0.2) is 0 Å². The van der Waals surface area contributed by atoms with E-state index >= 15 is 0 Å². The van der Waals surface area contributed by atoms with Gasteiger partial charge in [-0.1, -0.05) is 46.5 Å². The Bertz CT molecular complexity index is 66.4. The van der Waals surface area contributed by atoms with Crippen LogP contribution in [0.15, 0.2) is 0 Å². The summed E-state index contributed by atoms with van der Waals surface area (Å²) >= 11 is 0. The number of hydrogen-bond acceptors (Lipinski definition) is 0. The van der Waals surface area contributed by atoms with Crippen molar-refractivity contribution in [2.45, 2.75) is 58.8 Å². The Labute approximate surface area is 72.4 Å². The van der Waals surface area contributed by atoms with Crippen molar-refractivity contribution >= 4 is 0 Å². The highest BCUT2D eigenvalue weighted by Crippen LogP contribution is 2.20. The molecule has 0 saturated carbocycles. The third kappa shape index (κ3) is 6.40. The molecule has 0 rings (SSSR count). The zero-order valence-corrected chi connectivity index (χ0v) is 8.16. The summed E-state index contributed by atoms with van der Waals surface area (Å²) in [4.78, 5) is 0. The second-order valence-corrected chi connectivity index (χ2v) is 3.21. The van der Waals surface area contributed by atoms with Gasteiger partial charge in [-0.2, -0.15) is 0 Å². The van der Waals surface area contributed by atoms with Crippen LogP contribution in [0.25, 0.3) is 0 Å². The lowest BCUT2D eigenvalue weighted by atomic mass is 9.94. The van der Waals surface area contributed by atoms with Crippen LogP contribution in [-0.2, 0) is 0 Å². The lowest BCUT2D eigenvalue weighted by Gasteiger charge is -2.11. The van der Waals surface area contributed by atoms with E-state index in [4.69, 9.17) is 0 Å².